The van der Waals surface area contributed by atoms with Gasteiger partial charge >= 0.3 is 0 Å². The minimum absolute atomic E-state index is 0.0821. The Morgan fingerprint density at radius 3 is 2.18 bits per heavy atom. The van der Waals surface area contributed by atoms with E-state index in [2.05, 4.69) is 5.32 Å². The van der Waals surface area contributed by atoms with E-state index in [1.807, 2.05) is 36.4 Å². The van der Waals surface area contributed by atoms with Crippen LogP contribution in [0.4, 0.5) is 5.69 Å². The number of nitro groups is 1. The molecule has 2 unspecified atom stereocenters. The number of ether oxygens (including phenoxy) is 1. The van der Waals surface area contributed by atoms with Crippen LogP contribution in [0.1, 0.15) is 28.9 Å². The molecule has 34 heavy (non-hydrogen) atoms. The first-order chi connectivity index (χ1) is 16.4. The lowest BCUT2D eigenvalue weighted by molar-refractivity contribution is -0.384. The Kier molecular flexibility index (Phi) is 6.64. The number of para-hydroxylation sites is 1. The van der Waals surface area contributed by atoms with Crippen LogP contribution in [0.3, 0.4) is 0 Å². The Morgan fingerprint density at radius 2 is 1.50 bits per heavy atom. The zero-order valence-electron chi connectivity index (χ0n) is 18.4. The molecule has 0 aliphatic rings. The molecule has 4 rings (SSSR count). The largest absolute Gasteiger partial charge is 0.483 e. The third-order valence-corrected chi connectivity index (χ3v) is 5.50. The number of carbonyl (C=O) groups excluding carboxylic acids is 2. The van der Waals surface area contributed by atoms with E-state index in [-0.39, 0.29) is 11.5 Å². The van der Waals surface area contributed by atoms with E-state index < -0.39 is 23.0 Å². The number of fused-ring (bicyclic) bond motifs is 1. The second-order valence-electron chi connectivity index (χ2n) is 7.79. The van der Waals surface area contributed by atoms with Crippen LogP contribution in [0.15, 0.2) is 97.1 Å². The molecule has 4 aromatic carbocycles. The van der Waals surface area contributed by atoms with Crippen LogP contribution < -0.4 is 10.1 Å². The molecular weight excluding hydrogens is 432 g/mol. The smallest absolute Gasteiger partial charge is 0.269 e. The summed E-state index contributed by atoms with van der Waals surface area (Å²) in [5, 5.41) is 15.6. The van der Waals surface area contributed by atoms with Gasteiger partial charge < -0.3 is 10.1 Å². The van der Waals surface area contributed by atoms with Crippen LogP contribution in [-0.4, -0.2) is 22.7 Å². The van der Waals surface area contributed by atoms with Gasteiger partial charge in [-0.1, -0.05) is 54.6 Å². The van der Waals surface area contributed by atoms with Crippen molar-refractivity contribution in [3.8, 4) is 5.75 Å². The summed E-state index contributed by atoms with van der Waals surface area (Å²) in [6, 6.07) is 26.5. The Bertz CT molecular complexity index is 1330. The van der Waals surface area contributed by atoms with Crippen LogP contribution >= 0.6 is 0 Å². The third-order valence-electron chi connectivity index (χ3n) is 5.50. The van der Waals surface area contributed by atoms with Crippen LogP contribution in [0.25, 0.3) is 10.8 Å². The fraction of sp³-hybridized carbons (Fsp3) is 0.111. The summed E-state index contributed by atoms with van der Waals surface area (Å²) >= 11 is 0. The van der Waals surface area contributed by atoms with E-state index in [4.69, 9.17) is 4.74 Å². The highest BCUT2D eigenvalue weighted by Gasteiger charge is 2.31. The van der Waals surface area contributed by atoms with Gasteiger partial charge in [-0.05, 0) is 53.6 Å². The summed E-state index contributed by atoms with van der Waals surface area (Å²) in [5.74, 6) is -0.232. The van der Waals surface area contributed by atoms with Crippen molar-refractivity contribution in [2.24, 2.45) is 0 Å². The number of amides is 1. The van der Waals surface area contributed by atoms with Crippen LogP contribution in [-0.2, 0) is 4.79 Å². The number of Topliss-reactive ketones (excluding diaryl/α,β-unsaturated/α-hetero) is 1. The number of hydrogen-bond acceptors (Lipinski definition) is 5. The third kappa shape index (κ3) is 4.94. The van der Waals surface area contributed by atoms with Crippen LogP contribution in [0.2, 0.25) is 0 Å². The van der Waals surface area contributed by atoms with E-state index in [9.17, 15) is 19.7 Å². The Balaban J connectivity index is 1.71. The average Bonchev–Trinajstić information content (AvgIpc) is 2.86. The topological polar surface area (TPSA) is 98.5 Å². The Labute approximate surface area is 196 Å². The van der Waals surface area contributed by atoms with Crippen molar-refractivity contribution in [2.45, 2.75) is 19.1 Å². The Hall–Kier alpha value is -4.52. The molecule has 7 heteroatoms. The Morgan fingerprint density at radius 1 is 0.853 bits per heavy atom. The molecule has 0 aliphatic heterocycles. The number of ketones is 1. The second-order valence-corrected chi connectivity index (χ2v) is 7.79. The molecule has 2 atom stereocenters. The quantitative estimate of drug-likeness (QED) is 0.289. The number of carbonyl (C=O) groups is 2. The van der Waals surface area contributed by atoms with Crippen molar-refractivity contribution >= 4 is 28.2 Å². The molecule has 0 bridgehead atoms. The van der Waals surface area contributed by atoms with Crippen molar-refractivity contribution in [1.82, 2.24) is 5.32 Å². The maximum Gasteiger partial charge on any atom is 0.269 e. The lowest BCUT2D eigenvalue weighted by Gasteiger charge is -2.27. The van der Waals surface area contributed by atoms with Gasteiger partial charge in [0.2, 0.25) is 0 Å². The molecule has 1 amide bonds. The molecule has 170 valence electrons. The van der Waals surface area contributed by atoms with Gasteiger partial charge in [0.1, 0.15) is 11.8 Å². The highest BCUT2D eigenvalue weighted by Crippen LogP contribution is 2.28. The maximum absolute atomic E-state index is 13.3. The van der Waals surface area contributed by atoms with Crippen molar-refractivity contribution < 1.29 is 19.2 Å². The first kappa shape index (κ1) is 22.7. The number of benzene rings is 4. The van der Waals surface area contributed by atoms with E-state index in [1.165, 1.54) is 31.2 Å². The number of nitrogens with one attached hydrogen (secondary N) is 1. The summed E-state index contributed by atoms with van der Waals surface area (Å²) in [4.78, 5) is 36.6. The average molecular weight is 454 g/mol. The molecule has 1 N–H and O–H groups in total. The van der Waals surface area contributed by atoms with Gasteiger partial charge in [-0.25, -0.2) is 0 Å². The maximum atomic E-state index is 13.3. The van der Waals surface area contributed by atoms with Gasteiger partial charge in [0.25, 0.3) is 11.6 Å². The van der Waals surface area contributed by atoms with Crippen LogP contribution in [0.5, 0.6) is 5.75 Å². The van der Waals surface area contributed by atoms with Crippen molar-refractivity contribution in [1.29, 1.82) is 0 Å². The zero-order chi connectivity index (χ0) is 24.1. The van der Waals surface area contributed by atoms with E-state index >= 15 is 0 Å². The number of nitro benzene ring substituents is 1. The lowest BCUT2D eigenvalue weighted by atomic mass is 9.97. The summed E-state index contributed by atoms with van der Waals surface area (Å²) in [5.41, 5.74) is 0.876. The van der Waals surface area contributed by atoms with Crippen molar-refractivity contribution in [3.05, 3.63) is 118 Å². The summed E-state index contributed by atoms with van der Waals surface area (Å²) in [7, 11) is 0. The van der Waals surface area contributed by atoms with Gasteiger partial charge in [-0.15, -0.1) is 0 Å². The fourth-order valence-electron chi connectivity index (χ4n) is 3.79. The minimum Gasteiger partial charge on any atom is -0.483 e. The fourth-order valence-corrected chi connectivity index (χ4v) is 3.79. The SMILES string of the molecule is CC(=O)C(NC(=O)c1cccc2ccccc12)C(Oc1ccccc1)c1ccc([N+](=O)[O-])cc1. The predicted octanol–water partition coefficient (Wildman–Crippen LogP) is 5.26. The normalized spacial score (nSPS) is 12.5. The van der Waals surface area contributed by atoms with Gasteiger partial charge in [0.05, 0.1) is 4.92 Å². The molecule has 0 radical (unpaired) electrons. The number of rotatable bonds is 8. The highest BCUT2D eigenvalue weighted by atomic mass is 16.6. The number of hydrogen-bond donors (Lipinski definition) is 1. The summed E-state index contributed by atoms with van der Waals surface area (Å²) < 4.78 is 6.14. The molecule has 0 aromatic heterocycles. The van der Waals surface area contributed by atoms with Crippen molar-refractivity contribution in [2.75, 3.05) is 0 Å². The van der Waals surface area contributed by atoms with Crippen molar-refractivity contribution in [3.63, 3.8) is 0 Å². The van der Waals surface area contributed by atoms with E-state index in [0.29, 0.717) is 16.9 Å². The van der Waals surface area contributed by atoms with E-state index in [1.54, 1.807) is 36.4 Å². The summed E-state index contributed by atoms with van der Waals surface area (Å²) in [6.07, 6.45) is -0.903. The molecule has 7 nitrogen and oxygen atoms in total. The summed E-state index contributed by atoms with van der Waals surface area (Å²) in [6.45, 7) is 1.38. The van der Waals surface area contributed by atoms with Gasteiger partial charge in [-0.2, -0.15) is 0 Å². The van der Waals surface area contributed by atoms with Gasteiger partial charge in [-0.3, -0.25) is 19.7 Å². The van der Waals surface area contributed by atoms with Crippen LogP contribution in [0, 0.1) is 10.1 Å². The van der Waals surface area contributed by atoms with E-state index in [0.717, 1.165) is 10.8 Å². The lowest BCUT2D eigenvalue weighted by Crippen LogP contribution is -2.46. The minimum atomic E-state index is -1.03. The monoisotopic (exact) mass is 454 g/mol. The molecule has 0 fully saturated rings. The number of nitrogens with zero attached hydrogens (tertiary/aromatic N) is 1. The second kappa shape index (κ2) is 9.95. The molecule has 4 aromatic rings. The highest BCUT2D eigenvalue weighted by molar-refractivity contribution is 6.08. The molecule has 0 aliphatic carbocycles. The standard InChI is InChI=1S/C27H22N2O5/c1-18(30)25(28-27(31)24-13-7-9-19-8-5-6-12-23(19)24)26(34-22-10-3-2-4-11-22)20-14-16-21(17-15-20)29(32)33/h2-17,25-26H,1H3,(H,28,31). The molecule has 0 saturated carbocycles. The van der Waals surface area contributed by atoms with Gasteiger partial charge in [0, 0.05) is 17.7 Å². The molecule has 0 spiro atoms. The first-order valence-electron chi connectivity index (χ1n) is 10.7. The predicted molar refractivity (Wildman–Crippen MR) is 129 cm³/mol. The zero-order valence-corrected chi connectivity index (χ0v) is 18.4. The van der Waals surface area contributed by atoms with Gasteiger partial charge in [0.15, 0.2) is 11.9 Å². The first-order valence-corrected chi connectivity index (χ1v) is 10.7. The molecular formula is C27H22N2O5. The number of non-ortho nitro benzene ring substituents is 1. The molecule has 0 saturated heterocycles. The molecule has 0 heterocycles.